The minimum atomic E-state index is -4.75. The SMILES string of the molecule is Cl.N[C@@H]1CCN(C(=O)c2sccc2S(=O)(=O)C(F)F)C1. The Morgan fingerprint density at radius 1 is 1.50 bits per heavy atom. The summed E-state index contributed by atoms with van der Waals surface area (Å²) in [6.45, 7) is 0.719. The second-order valence-corrected chi connectivity index (χ2v) is 7.02. The first kappa shape index (κ1) is 17.3. The number of carbonyl (C=O) groups excluding carboxylic acids is 1. The Morgan fingerprint density at radius 2 is 2.15 bits per heavy atom. The molecule has 0 spiro atoms. The molecule has 2 N–H and O–H groups in total. The van der Waals surface area contributed by atoms with E-state index in [9.17, 15) is 22.0 Å². The molecule has 1 saturated heterocycles. The molecular weight excluding hydrogens is 334 g/mol. The van der Waals surface area contributed by atoms with E-state index in [1.165, 1.54) is 10.3 Å². The van der Waals surface area contributed by atoms with Crippen molar-refractivity contribution in [3.8, 4) is 0 Å². The minimum absolute atomic E-state index is 0. The van der Waals surface area contributed by atoms with E-state index in [0.717, 1.165) is 17.4 Å². The predicted octanol–water partition coefficient (Wildman–Crippen LogP) is 1.34. The Hall–Kier alpha value is -0.770. The number of hydrogen-bond donors (Lipinski definition) is 1. The summed E-state index contributed by atoms with van der Waals surface area (Å²) in [5.41, 5.74) is 5.66. The molecule has 2 rings (SSSR count). The fourth-order valence-electron chi connectivity index (χ4n) is 1.89. The van der Waals surface area contributed by atoms with Crippen LogP contribution in [0.1, 0.15) is 16.1 Å². The van der Waals surface area contributed by atoms with Crippen molar-refractivity contribution in [2.24, 2.45) is 5.73 Å². The van der Waals surface area contributed by atoms with Crippen molar-refractivity contribution in [3.63, 3.8) is 0 Å². The van der Waals surface area contributed by atoms with Crippen LogP contribution in [-0.4, -0.2) is 44.1 Å². The molecule has 0 radical (unpaired) electrons. The number of alkyl halides is 2. The summed E-state index contributed by atoms with van der Waals surface area (Å²) in [6, 6.07) is 0.883. The Morgan fingerprint density at radius 3 is 2.65 bits per heavy atom. The maximum atomic E-state index is 12.5. The third-order valence-electron chi connectivity index (χ3n) is 2.88. The van der Waals surface area contributed by atoms with Crippen molar-refractivity contribution in [1.82, 2.24) is 4.90 Å². The van der Waals surface area contributed by atoms with E-state index in [4.69, 9.17) is 5.73 Å². The molecule has 0 aromatic carbocycles. The number of likely N-dealkylation sites (tertiary alicyclic amines) is 1. The molecule has 0 unspecified atom stereocenters. The average molecular weight is 347 g/mol. The highest BCUT2D eigenvalue weighted by Crippen LogP contribution is 2.28. The Bertz CT molecular complexity index is 591. The maximum Gasteiger partial charge on any atom is 0.341 e. The van der Waals surface area contributed by atoms with Crippen LogP contribution in [0.25, 0.3) is 0 Å². The number of nitrogens with two attached hydrogens (primary N) is 1. The third kappa shape index (κ3) is 3.11. The highest BCUT2D eigenvalue weighted by Gasteiger charge is 2.34. The van der Waals surface area contributed by atoms with Crippen molar-refractivity contribution in [3.05, 3.63) is 16.3 Å². The Labute approximate surface area is 125 Å². The number of nitrogens with zero attached hydrogens (tertiary/aromatic N) is 1. The van der Waals surface area contributed by atoms with Crippen molar-refractivity contribution in [1.29, 1.82) is 0 Å². The van der Waals surface area contributed by atoms with Crippen LogP contribution in [0.4, 0.5) is 8.78 Å². The summed E-state index contributed by atoms with van der Waals surface area (Å²) in [4.78, 5) is 12.7. The number of carbonyl (C=O) groups is 1. The van der Waals surface area contributed by atoms with E-state index in [0.29, 0.717) is 19.5 Å². The summed E-state index contributed by atoms with van der Waals surface area (Å²) in [5.74, 6) is -4.09. The van der Waals surface area contributed by atoms with Crippen LogP contribution in [0, 0.1) is 0 Å². The number of sulfone groups is 1. The fourth-order valence-corrected chi connectivity index (χ4v) is 4.02. The molecule has 1 aliphatic rings. The van der Waals surface area contributed by atoms with Gasteiger partial charge < -0.3 is 10.6 Å². The molecule has 1 aromatic heterocycles. The first-order valence-corrected chi connectivity index (χ1v) is 7.91. The minimum Gasteiger partial charge on any atom is -0.336 e. The van der Waals surface area contributed by atoms with E-state index in [-0.39, 0.29) is 23.3 Å². The van der Waals surface area contributed by atoms with Crippen LogP contribution in [0.15, 0.2) is 16.3 Å². The molecule has 0 bridgehead atoms. The number of hydrogen-bond acceptors (Lipinski definition) is 5. The lowest BCUT2D eigenvalue weighted by atomic mass is 10.3. The standard InChI is InChI=1S/C10H12F2N2O3S2.ClH/c11-10(12)19(16,17)7-2-4-18-8(7)9(15)14-3-1-6(13)5-14;/h2,4,6,10H,1,3,5,13H2;1H/t6-;/m1./s1. The van der Waals surface area contributed by atoms with Crippen molar-refractivity contribution < 1.29 is 22.0 Å². The number of thiophene rings is 1. The fraction of sp³-hybridized carbons (Fsp3) is 0.500. The maximum absolute atomic E-state index is 12.5. The molecule has 1 fully saturated rings. The first-order chi connectivity index (χ1) is 8.84. The van der Waals surface area contributed by atoms with E-state index in [1.54, 1.807) is 0 Å². The van der Waals surface area contributed by atoms with Gasteiger partial charge in [-0.05, 0) is 17.9 Å². The summed E-state index contributed by atoms with van der Waals surface area (Å²) in [6.07, 6.45) is 0.619. The van der Waals surface area contributed by atoms with Crippen LogP contribution in [-0.2, 0) is 9.84 Å². The lowest BCUT2D eigenvalue weighted by Crippen LogP contribution is -2.32. The van der Waals surface area contributed by atoms with Crippen molar-refractivity contribution >= 4 is 39.5 Å². The topological polar surface area (TPSA) is 80.5 Å². The van der Waals surface area contributed by atoms with E-state index in [2.05, 4.69) is 0 Å². The average Bonchev–Trinajstić information content (AvgIpc) is 2.96. The van der Waals surface area contributed by atoms with Gasteiger partial charge in [0.05, 0.1) is 4.90 Å². The van der Waals surface area contributed by atoms with E-state index < -0.39 is 26.4 Å². The van der Waals surface area contributed by atoms with Gasteiger partial charge in [-0.15, -0.1) is 23.7 Å². The second kappa shape index (κ2) is 6.33. The summed E-state index contributed by atoms with van der Waals surface area (Å²) >= 11 is 0.845. The molecule has 0 aliphatic carbocycles. The van der Waals surface area contributed by atoms with Crippen molar-refractivity contribution in [2.75, 3.05) is 13.1 Å². The lowest BCUT2D eigenvalue weighted by Gasteiger charge is -2.15. The number of amides is 1. The second-order valence-electron chi connectivity index (χ2n) is 4.22. The molecule has 0 saturated carbocycles. The zero-order valence-electron chi connectivity index (χ0n) is 10.2. The largest absolute Gasteiger partial charge is 0.341 e. The van der Waals surface area contributed by atoms with Gasteiger partial charge in [0.1, 0.15) is 4.88 Å². The van der Waals surface area contributed by atoms with E-state index >= 15 is 0 Å². The molecule has 1 aliphatic heterocycles. The van der Waals surface area contributed by atoms with Gasteiger partial charge in [0.2, 0.25) is 9.84 Å². The summed E-state index contributed by atoms with van der Waals surface area (Å²) in [5, 5.41) is 1.32. The molecule has 10 heteroatoms. The van der Waals surface area contributed by atoms with Gasteiger partial charge in [0.25, 0.3) is 5.91 Å². The van der Waals surface area contributed by atoms with Crippen molar-refractivity contribution in [2.45, 2.75) is 23.1 Å². The number of halogens is 3. The highest BCUT2D eigenvalue weighted by atomic mass is 35.5. The Kier molecular flexibility index (Phi) is 5.47. The predicted molar refractivity (Wildman–Crippen MR) is 73.3 cm³/mol. The molecule has 1 atom stereocenters. The Balaban J connectivity index is 0.00000200. The van der Waals surface area contributed by atoms with Gasteiger partial charge in [0.15, 0.2) is 0 Å². The molecule has 114 valence electrons. The monoisotopic (exact) mass is 346 g/mol. The van der Waals surface area contributed by atoms with Gasteiger partial charge in [-0.3, -0.25) is 4.79 Å². The first-order valence-electron chi connectivity index (χ1n) is 5.48. The quantitative estimate of drug-likeness (QED) is 0.895. The van der Waals surface area contributed by atoms with Gasteiger partial charge in [0, 0.05) is 19.1 Å². The molecule has 1 aromatic rings. The van der Waals surface area contributed by atoms with E-state index in [1.807, 2.05) is 0 Å². The van der Waals surface area contributed by atoms with Gasteiger partial charge >= 0.3 is 5.76 Å². The van der Waals surface area contributed by atoms with Crippen LogP contribution in [0.5, 0.6) is 0 Å². The molecule has 20 heavy (non-hydrogen) atoms. The third-order valence-corrected chi connectivity index (χ3v) is 5.33. The van der Waals surface area contributed by atoms with Gasteiger partial charge in [-0.2, -0.15) is 8.78 Å². The summed E-state index contributed by atoms with van der Waals surface area (Å²) in [7, 11) is -4.75. The number of rotatable bonds is 3. The van der Waals surface area contributed by atoms with Crippen LogP contribution in [0.2, 0.25) is 0 Å². The van der Waals surface area contributed by atoms with Gasteiger partial charge in [-0.1, -0.05) is 0 Å². The molecule has 1 amide bonds. The van der Waals surface area contributed by atoms with Gasteiger partial charge in [-0.25, -0.2) is 8.42 Å². The molecule has 2 heterocycles. The summed E-state index contributed by atoms with van der Waals surface area (Å²) < 4.78 is 48.0. The van der Waals surface area contributed by atoms with Crippen LogP contribution >= 0.6 is 23.7 Å². The lowest BCUT2D eigenvalue weighted by molar-refractivity contribution is 0.0792. The zero-order chi connectivity index (χ0) is 14.2. The molecule has 5 nitrogen and oxygen atoms in total. The van der Waals surface area contributed by atoms with Crippen LogP contribution in [0.3, 0.4) is 0 Å². The highest BCUT2D eigenvalue weighted by molar-refractivity contribution is 7.92. The normalized spacial score (nSPS) is 19.2. The zero-order valence-corrected chi connectivity index (χ0v) is 12.6. The molecular formula is C10H13ClF2N2O3S2. The smallest absolute Gasteiger partial charge is 0.336 e. The van der Waals surface area contributed by atoms with Crippen LogP contribution < -0.4 is 5.73 Å².